The van der Waals surface area contributed by atoms with Gasteiger partial charge in [0.25, 0.3) is 0 Å². The summed E-state index contributed by atoms with van der Waals surface area (Å²) < 4.78 is 27.2. The SMILES string of the molecule is CNCCC(=O)Nc1ccc(C)c(S(=O)(=O)N2CCCCC2)c1.Cl. The molecule has 1 aromatic rings. The molecule has 0 bridgehead atoms. The highest BCUT2D eigenvalue weighted by molar-refractivity contribution is 7.89. The first-order valence-corrected chi connectivity index (χ1v) is 9.44. The minimum atomic E-state index is -3.50. The van der Waals surface area contributed by atoms with Crippen molar-refractivity contribution in [3.63, 3.8) is 0 Å². The number of halogens is 1. The van der Waals surface area contributed by atoms with E-state index in [-0.39, 0.29) is 23.2 Å². The van der Waals surface area contributed by atoms with Crippen LogP contribution in [-0.2, 0) is 14.8 Å². The number of hydrogen-bond acceptors (Lipinski definition) is 4. The first-order valence-electron chi connectivity index (χ1n) is 8.00. The third-order valence-electron chi connectivity index (χ3n) is 4.01. The number of carbonyl (C=O) groups is 1. The fourth-order valence-corrected chi connectivity index (χ4v) is 4.43. The van der Waals surface area contributed by atoms with Crippen molar-refractivity contribution < 1.29 is 13.2 Å². The van der Waals surface area contributed by atoms with Crippen molar-refractivity contribution >= 4 is 34.0 Å². The predicted octanol–water partition coefficient (Wildman–Crippen LogP) is 2.14. The molecule has 1 aliphatic rings. The van der Waals surface area contributed by atoms with Gasteiger partial charge in [0, 0.05) is 31.7 Å². The largest absolute Gasteiger partial charge is 0.326 e. The monoisotopic (exact) mass is 375 g/mol. The van der Waals surface area contributed by atoms with Crippen LogP contribution in [0.5, 0.6) is 0 Å². The summed E-state index contributed by atoms with van der Waals surface area (Å²) in [5.41, 5.74) is 1.22. The summed E-state index contributed by atoms with van der Waals surface area (Å²) in [5.74, 6) is -0.135. The molecule has 6 nitrogen and oxygen atoms in total. The van der Waals surface area contributed by atoms with E-state index in [9.17, 15) is 13.2 Å². The number of rotatable bonds is 6. The quantitative estimate of drug-likeness (QED) is 0.798. The number of piperidine rings is 1. The number of anilines is 1. The van der Waals surface area contributed by atoms with Gasteiger partial charge < -0.3 is 10.6 Å². The molecular weight excluding hydrogens is 350 g/mol. The van der Waals surface area contributed by atoms with Crippen molar-refractivity contribution in [1.82, 2.24) is 9.62 Å². The lowest BCUT2D eigenvalue weighted by molar-refractivity contribution is -0.116. The van der Waals surface area contributed by atoms with Gasteiger partial charge in [-0.3, -0.25) is 4.79 Å². The van der Waals surface area contributed by atoms with Crippen LogP contribution in [0, 0.1) is 6.92 Å². The summed E-state index contributed by atoms with van der Waals surface area (Å²) in [4.78, 5) is 12.1. The number of carbonyl (C=O) groups excluding carboxylic acids is 1. The second-order valence-electron chi connectivity index (χ2n) is 5.85. The van der Waals surface area contributed by atoms with Crippen molar-refractivity contribution in [2.75, 3.05) is 32.0 Å². The lowest BCUT2D eigenvalue weighted by atomic mass is 10.2. The van der Waals surface area contributed by atoms with Gasteiger partial charge in [-0.2, -0.15) is 4.31 Å². The van der Waals surface area contributed by atoms with Crippen molar-refractivity contribution in [1.29, 1.82) is 0 Å². The van der Waals surface area contributed by atoms with Crippen LogP contribution in [0.3, 0.4) is 0 Å². The van der Waals surface area contributed by atoms with Gasteiger partial charge in [0.15, 0.2) is 0 Å². The molecule has 0 aromatic heterocycles. The van der Waals surface area contributed by atoms with Crippen LogP contribution in [0.1, 0.15) is 31.2 Å². The van der Waals surface area contributed by atoms with Crippen LogP contribution in [0.25, 0.3) is 0 Å². The van der Waals surface area contributed by atoms with E-state index in [2.05, 4.69) is 10.6 Å². The molecule has 0 radical (unpaired) electrons. The van der Waals surface area contributed by atoms with Gasteiger partial charge in [0.1, 0.15) is 0 Å². The molecule has 136 valence electrons. The number of nitrogens with one attached hydrogen (secondary N) is 2. The van der Waals surface area contributed by atoms with E-state index in [0.717, 1.165) is 19.3 Å². The summed E-state index contributed by atoms with van der Waals surface area (Å²) >= 11 is 0. The van der Waals surface area contributed by atoms with Crippen LogP contribution in [0.2, 0.25) is 0 Å². The second-order valence-corrected chi connectivity index (χ2v) is 7.75. The molecule has 0 atom stereocenters. The van der Waals surface area contributed by atoms with E-state index in [1.165, 1.54) is 0 Å². The third kappa shape index (κ3) is 5.17. The van der Waals surface area contributed by atoms with Crippen molar-refractivity contribution in [2.24, 2.45) is 0 Å². The van der Waals surface area contributed by atoms with E-state index in [1.807, 2.05) is 0 Å². The Kier molecular flexibility index (Phi) is 8.15. The Morgan fingerprint density at radius 1 is 1.21 bits per heavy atom. The van der Waals surface area contributed by atoms with Crippen molar-refractivity contribution in [3.8, 4) is 0 Å². The average Bonchev–Trinajstić information content (AvgIpc) is 2.55. The van der Waals surface area contributed by atoms with Crippen LogP contribution in [-0.4, -0.2) is 45.3 Å². The summed E-state index contributed by atoms with van der Waals surface area (Å²) in [7, 11) is -1.72. The highest BCUT2D eigenvalue weighted by atomic mass is 35.5. The highest BCUT2D eigenvalue weighted by Gasteiger charge is 2.27. The van der Waals surface area contributed by atoms with Crippen molar-refractivity contribution in [2.45, 2.75) is 37.5 Å². The van der Waals surface area contributed by atoms with Gasteiger partial charge in [-0.05, 0) is 44.5 Å². The Hall–Kier alpha value is -1.15. The maximum atomic E-state index is 12.8. The van der Waals surface area contributed by atoms with Crippen LogP contribution < -0.4 is 10.6 Å². The van der Waals surface area contributed by atoms with Gasteiger partial charge in [-0.1, -0.05) is 12.5 Å². The number of nitrogens with zero attached hydrogens (tertiary/aromatic N) is 1. The second kappa shape index (κ2) is 9.36. The molecule has 1 saturated heterocycles. The van der Waals surface area contributed by atoms with E-state index in [4.69, 9.17) is 0 Å². The first-order chi connectivity index (χ1) is 10.9. The zero-order valence-corrected chi connectivity index (χ0v) is 15.8. The summed E-state index contributed by atoms with van der Waals surface area (Å²) in [6, 6.07) is 5.04. The van der Waals surface area contributed by atoms with E-state index < -0.39 is 10.0 Å². The molecule has 1 fully saturated rings. The zero-order valence-electron chi connectivity index (χ0n) is 14.2. The molecule has 2 rings (SSSR count). The van der Waals surface area contributed by atoms with Crippen molar-refractivity contribution in [3.05, 3.63) is 23.8 Å². The topological polar surface area (TPSA) is 78.5 Å². The number of sulfonamides is 1. The molecule has 2 N–H and O–H groups in total. The third-order valence-corrected chi connectivity index (χ3v) is 6.05. The molecule has 1 amide bonds. The minimum absolute atomic E-state index is 0. The lowest BCUT2D eigenvalue weighted by Gasteiger charge is -2.26. The molecule has 1 aliphatic heterocycles. The summed E-state index contributed by atoms with van der Waals surface area (Å²) in [6.07, 6.45) is 3.22. The molecule has 8 heteroatoms. The smallest absolute Gasteiger partial charge is 0.243 e. The normalized spacial score (nSPS) is 15.6. The van der Waals surface area contributed by atoms with Gasteiger partial charge in [-0.25, -0.2) is 8.42 Å². The molecule has 0 spiro atoms. The summed E-state index contributed by atoms with van der Waals surface area (Å²) in [6.45, 7) is 3.50. The molecule has 24 heavy (non-hydrogen) atoms. The molecule has 1 aromatic carbocycles. The Morgan fingerprint density at radius 2 is 1.88 bits per heavy atom. The summed E-state index contributed by atoms with van der Waals surface area (Å²) in [5, 5.41) is 5.67. The number of aryl methyl sites for hydroxylation is 1. The predicted molar refractivity (Wildman–Crippen MR) is 98.2 cm³/mol. The average molecular weight is 376 g/mol. The van der Waals surface area contributed by atoms with Gasteiger partial charge in [0.05, 0.1) is 4.90 Å². The Bertz CT molecular complexity index is 659. The molecular formula is C16H26ClN3O3S. The fourth-order valence-electron chi connectivity index (χ4n) is 2.66. The minimum Gasteiger partial charge on any atom is -0.326 e. The van der Waals surface area contributed by atoms with E-state index in [0.29, 0.717) is 37.3 Å². The maximum absolute atomic E-state index is 12.8. The Morgan fingerprint density at radius 3 is 2.50 bits per heavy atom. The highest BCUT2D eigenvalue weighted by Crippen LogP contribution is 2.26. The molecule has 1 heterocycles. The van der Waals surface area contributed by atoms with Crippen LogP contribution in [0.4, 0.5) is 5.69 Å². The maximum Gasteiger partial charge on any atom is 0.243 e. The van der Waals surface area contributed by atoms with Crippen LogP contribution in [0.15, 0.2) is 23.1 Å². The first kappa shape index (κ1) is 20.9. The van der Waals surface area contributed by atoms with Crippen LogP contribution >= 0.6 is 12.4 Å². The fraction of sp³-hybridized carbons (Fsp3) is 0.562. The number of amides is 1. The number of benzene rings is 1. The van der Waals surface area contributed by atoms with Gasteiger partial charge in [-0.15, -0.1) is 12.4 Å². The Labute approximate surface area is 150 Å². The van der Waals surface area contributed by atoms with Gasteiger partial charge >= 0.3 is 0 Å². The molecule has 0 aliphatic carbocycles. The molecule has 0 saturated carbocycles. The van der Waals surface area contributed by atoms with E-state index >= 15 is 0 Å². The molecule has 0 unspecified atom stereocenters. The number of hydrogen-bond donors (Lipinski definition) is 2. The van der Waals surface area contributed by atoms with Gasteiger partial charge in [0.2, 0.25) is 15.9 Å². The lowest BCUT2D eigenvalue weighted by Crippen LogP contribution is -2.36. The Balaban J connectivity index is 0.00000288. The zero-order chi connectivity index (χ0) is 16.9. The van der Waals surface area contributed by atoms with E-state index in [1.54, 1.807) is 36.5 Å². The standard InChI is InChI=1S/C16H25N3O3S.ClH/c1-13-6-7-14(18-16(20)8-9-17-2)12-15(13)23(21,22)19-10-4-3-5-11-19;/h6-7,12,17H,3-5,8-11H2,1-2H3,(H,18,20);1H.